The maximum Gasteiger partial charge on any atom is 0.336 e. The predicted molar refractivity (Wildman–Crippen MR) is 340 cm³/mol. The van der Waals surface area contributed by atoms with Crippen LogP contribution in [-0.2, 0) is 90.2 Å². The molecule has 16 heteroatoms. The minimum atomic E-state index is -0.759. The van der Waals surface area contributed by atoms with Crippen LogP contribution in [0.5, 0.6) is 23.0 Å². The molecule has 5 rings (SSSR count). The van der Waals surface area contributed by atoms with Crippen LogP contribution in [0.2, 0.25) is 0 Å². The van der Waals surface area contributed by atoms with Crippen LogP contribution in [0.25, 0.3) is 0 Å². The van der Waals surface area contributed by atoms with E-state index in [0.717, 1.165) is 147 Å². The van der Waals surface area contributed by atoms with Crippen molar-refractivity contribution in [3.8, 4) is 23.0 Å². The Morgan fingerprint density at radius 1 is 0.318 bits per heavy atom. The van der Waals surface area contributed by atoms with Gasteiger partial charge in [0.15, 0.2) is 0 Å². The molecule has 0 saturated heterocycles. The van der Waals surface area contributed by atoms with Gasteiger partial charge >= 0.3 is 23.9 Å². The molecule has 1 aliphatic carbocycles. The molecule has 8 bridgehead atoms. The van der Waals surface area contributed by atoms with Crippen molar-refractivity contribution in [2.24, 2.45) is 0 Å². The second kappa shape index (κ2) is 38.9. The smallest absolute Gasteiger partial charge is 0.336 e. The van der Waals surface area contributed by atoms with Crippen molar-refractivity contribution >= 4 is 23.9 Å². The van der Waals surface area contributed by atoms with Gasteiger partial charge in [0, 0.05) is 25.7 Å². The SMILES string of the molecule is C=C(CO)C(=O)OCc1cc2c(OCCCCCC)c(c1)Cc1cc(COC(=O)C(=C)CO)cc(c1OCCCCCC)Cc1cc(COC(=O)C(=C)CO)cc(c1OCCCCCC)Cc1cc(COC(=O)C(=C)CO)cc(c1OCCCCCC)C2. The van der Waals surface area contributed by atoms with Crippen molar-refractivity contribution in [1.29, 1.82) is 0 Å². The quantitative estimate of drug-likeness (QED) is 0.0124. The Balaban J connectivity index is 1.99. The Morgan fingerprint density at radius 3 is 0.659 bits per heavy atom. The summed E-state index contributed by atoms with van der Waals surface area (Å²) in [4.78, 5) is 52.9. The second-order valence-corrected chi connectivity index (χ2v) is 22.7. The van der Waals surface area contributed by atoms with Crippen molar-refractivity contribution in [3.05, 3.63) is 164 Å². The van der Waals surface area contributed by atoms with Gasteiger partial charge in [-0.15, -0.1) is 0 Å². The normalized spacial score (nSPS) is 11.7. The van der Waals surface area contributed by atoms with Gasteiger partial charge < -0.3 is 58.3 Å². The number of ether oxygens (including phenoxy) is 8. The van der Waals surface area contributed by atoms with E-state index >= 15 is 0 Å². The summed E-state index contributed by atoms with van der Waals surface area (Å²) in [6.07, 6.45) is 15.7. The fourth-order valence-corrected chi connectivity index (χ4v) is 10.3. The Bertz CT molecular complexity index is 2500. The lowest BCUT2D eigenvalue weighted by molar-refractivity contribution is -0.141. The average Bonchev–Trinajstić information content (AvgIpc) is 1.17. The van der Waals surface area contributed by atoms with Crippen LogP contribution < -0.4 is 18.9 Å². The number of fused-ring (bicyclic) bond motifs is 8. The highest BCUT2D eigenvalue weighted by Crippen LogP contribution is 2.42. The van der Waals surface area contributed by atoms with Crippen molar-refractivity contribution in [3.63, 3.8) is 0 Å². The molecular formula is C72H96O16. The minimum Gasteiger partial charge on any atom is -0.493 e. The van der Waals surface area contributed by atoms with E-state index in [1.807, 2.05) is 48.5 Å². The second-order valence-electron chi connectivity index (χ2n) is 22.7. The summed E-state index contributed by atoms with van der Waals surface area (Å²) in [7, 11) is 0. The number of unbranched alkanes of at least 4 members (excludes halogenated alkanes) is 12. The van der Waals surface area contributed by atoms with Crippen LogP contribution in [0.15, 0.2) is 97.1 Å². The topological polar surface area (TPSA) is 223 Å². The van der Waals surface area contributed by atoms with E-state index in [1.54, 1.807) is 0 Å². The molecule has 0 fully saturated rings. The molecule has 0 atom stereocenters. The Morgan fingerprint density at radius 2 is 0.500 bits per heavy atom. The van der Waals surface area contributed by atoms with Gasteiger partial charge in [0.05, 0.1) is 75.1 Å². The molecule has 480 valence electrons. The molecule has 0 radical (unpaired) electrons. The molecule has 0 unspecified atom stereocenters. The maximum atomic E-state index is 13.2. The zero-order valence-electron chi connectivity index (χ0n) is 52.8. The fraction of sp³-hybridized carbons (Fsp3) is 0.500. The van der Waals surface area contributed by atoms with E-state index in [0.29, 0.717) is 71.7 Å². The zero-order chi connectivity index (χ0) is 63.8. The van der Waals surface area contributed by atoms with E-state index in [2.05, 4.69) is 54.0 Å². The molecule has 88 heavy (non-hydrogen) atoms. The van der Waals surface area contributed by atoms with Gasteiger partial charge in [-0.25, -0.2) is 19.2 Å². The summed E-state index contributed by atoms with van der Waals surface area (Å²) in [5.41, 5.74) is 7.79. The maximum absolute atomic E-state index is 13.2. The third kappa shape index (κ3) is 22.7. The lowest BCUT2D eigenvalue weighted by Crippen LogP contribution is -2.14. The number of carbonyl (C=O) groups excluding carboxylic acids is 4. The molecule has 16 nitrogen and oxygen atoms in total. The highest BCUT2D eigenvalue weighted by atomic mass is 16.5. The Labute approximate surface area is 521 Å². The van der Waals surface area contributed by atoms with E-state index in [9.17, 15) is 39.6 Å². The molecular weight excluding hydrogens is 1120 g/mol. The third-order valence-electron chi connectivity index (χ3n) is 15.1. The molecule has 1 aliphatic rings. The van der Waals surface area contributed by atoms with Crippen LogP contribution in [0.3, 0.4) is 0 Å². The first-order valence-corrected chi connectivity index (χ1v) is 31.5. The van der Waals surface area contributed by atoms with Crippen LogP contribution in [0.1, 0.15) is 197 Å². The number of aliphatic hydroxyl groups excluding tert-OH is 4. The highest BCUT2D eigenvalue weighted by molar-refractivity contribution is 5.89. The number of aliphatic hydroxyl groups is 4. The lowest BCUT2D eigenvalue weighted by Gasteiger charge is -2.25. The van der Waals surface area contributed by atoms with Crippen LogP contribution >= 0.6 is 0 Å². The van der Waals surface area contributed by atoms with Gasteiger partial charge in [0.25, 0.3) is 0 Å². The molecule has 0 aliphatic heterocycles. The summed E-state index contributed by atoms with van der Waals surface area (Å²) in [6.45, 7) is 21.8. The molecule has 0 aromatic heterocycles. The monoisotopic (exact) mass is 1220 g/mol. The van der Waals surface area contributed by atoms with Crippen LogP contribution in [0, 0.1) is 0 Å². The first-order valence-electron chi connectivity index (χ1n) is 31.5. The third-order valence-corrected chi connectivity index (χ3v) is 15.1. The van der Waals surface area contributed by atoms with Gasteiger partial charge in [0.2, 0.25) is 0 Å². The predicted octanol–water partition coefficient (Wildman–Crippen LogP) is 12.6. The number of benzene rings is 4. The molecule has 0 saturated carbocycles. The van der Waals surface area contributed by atoms with Gasteiger partial charge in [0.1, 0.15) is 49.4 Å². The largest absolute Gasteiger partial charge is 0.493 e. The van der Waals surface area contributed by atoms with Crippen molar-refractivity contribution in [2.75, 3.05) is 52.9 Å². The summed E-state index contributed by atoms with van der Waals surface area (Å²) in [6, 6.07) is 15.5. The van der Waals surface area contributed by atoms with E-state index in [4.69, 9.17) is 37.9 Å². The lowest BCUT2D eigenvalue weighted by atomic mass is 9.88. The first-order chi connectivity index (χ1) is 42.6. The molecule has 0 heterocycles. The first kappa shape index (κ1) is 71.5. The molecule has 4 N–H and O–H groups in total. The van der Waals surface area contributed by atoms with Crippen molar-refractivity contribution in [1.82, 2.24) is 0 Å². The number of hydrogen-bond acceptors (Lipinski definition) is 16. The van der Waals surface area contributed by atoms with Gasteiger partial charge in [-0.1, -0.05) is 131 Å². The standard InChI is InChI=1S/C72H96O16/c1-9-13-17-21-25-81-65-57-29-53(45-85-69(77)49(5)41-73)30-58(65)38-60-32-55(47-87-71(79)51(7)43-75)34-62(67(60)83-27-23-19-15-11-3)40-64-36-56(48-88-72(80)52(8)44-76)35-63(68(64)84-28-24-20-16-12-4)39-61-33-54(46-86-70(78)50(6)42-74)31-59(37-57)66(61)82-26-22-18-14-10-2/h29-36,73-76H,5-28,37-48H2,1-4H3. The Kier molecular flexibility index (Phi) is 31.6. The number of esters is 4. The van der Waals surface area contributed by atoms with Crippen molar-refractivity contribution < 1.29 is 77.5 Å². The summed E-state index contributed by atoms with van der Waals surface area (Å²) in [5.74, 6) is -0.691. The van der Waals surface area contributed by atoms with Gasteiger partial charge in [-0.2, -0.15) is 0 Å². The van der Waals surface area contributed by atoms with E-state index < -0.39 is 50.3 Å². The van der Waals surface area contributed by atoms with Gasteiger partial charge in [-0.05, 0) is 141 Å². The van der Waals surface area contributed by atoms with Crippen LogP contribution in [-0.4, -0.2) is 97.2 Å². The molecule has 0 spiro atoms. The molecule has 0 amide bonds. The number of hydrogen-bond donors (Lipinski definition) is 4. The summed E-state index contributed by atoms with van der Waals surface area (Å²) in [5, 5.41) is 39.5. The van der Waals surface area contributed by atoms with Crippen molar-refractivity contribution in [2.45, 2.75) is 183 Å². The molecule has 4 aromatic rings. The van der Waals surface area contributed by atoms with E-state index in [-0.39, 0.29) is 74.4 Å². The number of carbonyl (C=O) groups is 4. The number of rotatable bonds is 40. The summed E-state index contributed by atoms with van der Waals surface area (Å²) >= 11 is 0. The summed E-state index contributed by atoms with van der Waals surface area (Å²) < 4.78 is 51.4. The van der Waals surface area contributed by atoms with Crippen LogP contribution in [0.4, 0.5) is 0 Å². The zero-order valence-corrected chi connectivity index (χ0v) is 52.8. The average molecular weight is 1220 g/mol. The van der Waals surface area contributed by atoms with Gasteiger partial charge in [-0.3, -0.25) is 0 Å². The van der Waals surface area contributed by atoms with E-state index in [1.165, 1.54) is 0 Å². The minimum absolute atomic E-state index is 0.105. The highest BCUT2D eigenvalue weighted by Gasteiger charge is 2.27. The molecule has 4 aromatic carbocycles. The Hall–Kier alpha value is -7.24. The fourth-order valence-electron chi connectivity index (χ4n) is 10.3.